The van der Waals surface area contributed by atoms with E-state index in [0.717, 1.165) is 43.1 Å². The molecule has 2 heterocycles. The summed E-state index contributed by atoms with van der Waals surface area (Å²) in [5.41, 5.74) is 4.53. The summed E-state index contributed by atoms with van der Waals surface area (Å²) in [5.74, 6) is 1.33. The van der Waals surface area contributed by atoms with Crippen molar-refractivity contribution in [2.24, 2.45) is 0 Å². The van der Waals surface area contributed by atoms with Crippen LogP contribution in [0.25, 0.3) is 0 Å². The Morgan fingerprint density at radius 3 is 2.96 bits per heavy atom. The summed E-state index contributed by atoms with van der Waals surface area (Å²) < 4.78 is 11.3. The normalized spacial score (nSPS) is 16.1. The zero-order valence-electron chi connectivity index (χ0n) is 14.7. The second kappa shape index (κ2) is 7.17. The third-order valence-electron chi connectivity index (χ3n) is 4.72. The average Bonchev–Trinajstić information content (AvgIpc) is 2.61. The van der Waals surface area contributed by atoms with E-state index in [1.165, 1.54) is 11.1 Å². The number of hydrogen-bond acceptors (Lipinski definition) is 4. The highest BCUT2D eigenvalue weighted by atomic mass is 35.5. The van der Waals surface area contributed by atoms with Gasteiger partial charge in [0.25, 0.3) is 0 Å². The highest BCUT2D eigenvalue weighted by molar-refractivity contribution is 6.32. The fraction of sp³-hybridized carbons (Fsp3) is 0.350. The lowest BCUT2D eigenvalue weighted by Gasteiger charge is -2.30. The Hall–Kier alpha value is -2.24. The van der Waals surface area contributed by atoms with Crippen molar-refractivity contribution in [2.45, 2.75) is 26.4 Å². The van der Waals surface area contributed by atoms with Crippen LogP contribution in [0.4, 0.5) is 5.69 Å². The monoisotopic (exact) mass is 372 g/mol. The molecule has 0 bridgehead atoms. The minimum absolute atomic E-state index is 0.0354. The highest BCUT2D eigenvalue weighted by Gasteiger charge is 2.21. The Morgan fingerprint density at radius 1 is 1.27 bits per heavy atom. The molecule has 2 aromatic carbocycles. The van der Waals surface area contributed by atoms with E-state index in [1.54, 1.807) is 6.92 Å². The van der Waals surface area contributed by atoms with E-state index in [9.17, 15) is 4.79 Å². The molecule has 0 saturated carbocycles. The van der Waals surface area contributed by atoms with Crippen molar-refractivity contribution >= 4 is 23.2 Å². The van der Waals surface area contributed by atoms with Gasteiger partial charge in [0.15, 0.2) is 11.5 Å². The summed E-state index contributed by atoms with van der Waals surface area (Å²) in [6.07, 6.45) is 0.907. The number of nitrogens with zero attached hydrogens (tertiary/aromatic N) is 1. The van der Waals surface area contributed by atoms with Gasteiger partial charge in [-0.05, 0) is 41.3 Å². The number of benzene rings is 2. The predicted molar refractivity (Wildman–Crippen MR) is 101 cm³/mol. The molecule has 2 aliphatic rings. The van der Waals surface area contributed by atoms with E-state index in [2.05, 4.69) is 16.3 Å². The first-order chi connectivity index (χ1) is 12.6. The minimum Gasteiger partial charge on any atom is -0.486 e. The van der Waals surface area contributed by atoms with E-state index >= 15 is 0 Å². The van der Waals surface area contributed by atoms with Gasteiger partial charge in [-0.2, -0.15) is 0 Å². The Kier molecular flexibility index (Phi) is 4.74. The molecule has 4 rings (SSSR count). The van der Waals surface area contributed by atoms with Crippen LogP contribution in [0.1, 0.15) is 23.6 Å². The number of carbonyl (C=O) groups excluding carboxylic acids is 1. The SMILES string of the molecule is CC(=O)Nc1cccc2c1CCN(Cc1cc(Cl)c3c(c1)OCCO3)C2. The summed E-state index contributed by atoms with van der Waals surface area (Å²) >= 11 is 6.35. The summed E-state index contributed by atoms with van der Waals surface area (Å²) in [6, 6.07) is 10.1. The molecule has 26 heavy (non-hydrogen) atoms. The Balaban J connectivity index is 1.52. The van der Waals surface area contributed by atoms with Crippen molar-refractivity contribution in [1.82, 2.24) is 4.90 Å². The van der Waals surface area contributed by atoms with E-state index in [1.807, 2.05) is 24.3 Å². The van der Waals surface area contributed by atoms with Crippen LogP contribution in [0.15, 0.2) is 30.3 Å². The third kappa shape index (κ3) is 3.50. The summed E-state index contributed by atoms with van der Waals surface area (Å²) in [4.78, 5) is 13.8. The van der Waals surface area contributed by atoms with Crippen LogP contribution >= 0.6 is 11.6 Å². The molecule has 136 valence electrons. The van der Waals surface area contributed by atoms with E-state index in [-0.39, 0.29) is 5.91 Å². The van der Waals surface area contributed by atoms with Gasteiger partial charge in [0.1, 0.15) is 13.2 Å². The average molecular weight is 373 g/mol. The van der Waals surface area contributed by atoms with Gasteiger partial charge < -0.3 is 14.8 Å². The molecule has 0 aliphatic carbocycles. The molecule has 6 heteroatoms. The van der Waals surface area contributed by atoms with Crippen LogP contribution in [0.5, 0.6) is 11.5 Å². The van der Waals surface area contributed by atoms with Crippen LogP contribution in [-0.2, 0) is 24.3 Å². The number of ether oxygens (including phenoxy) is 2. The van der Waals surface area contributed by atoms with E-state index < -0.39 is 0 Å². The van der Waals surface area contributed by atoms with Crippen molar-refractivity contribution in [3.8, 4) is 11.5 Å². The van der Waals surface area contributed by atoms with Crippen molar-refractivity contribution < 1.29 is 14.3 Å². The lowest BCUT2D eigenvalue weighted by Crippen LogP contribution is -2.30. The molecule has 0 unspecified atom stereocenters. The second-order valence-electron chi connectivity index (χ2n) is 6.69. The quantitative estimate of drug-likeness (QED) is 0.893. The first kappa shape index (κ1) is 17.2. The molecule has 0 radical (unpaired) electrons. The number of rotatable bonds is 3. The molecule has 2 aliphatic heterocycles. The molecule has 2 aromatic rings. The molecule has 1 N–H and O–H groups in total. The van der Waals surface area contributed by atoms with Crippen LogP contribution < -0.4 is 14.8 Å². The number of nitrogens with one attached hydrogen (secondary N) is 1. The summed E-state index contributed by atoms with van der Waals surface area (Å²) in [5, 5.41) is 3.53. The van der Waals surface area contributed by atoms with Crippen molar-refractivity contribution in [2.75, 3.05) is 25.1 Å². The highest BCUT2D eigenvalue weighted by Crippen LogP contribution is 2.39. The van der Waals surface area contributed by atoms with Crippen LogP contribution in [0.2, 0.25) is 5.02 Å². The van der Waals surface area contributed by atoms with Gasteiger partial charge in [-0.25, -0.2) is 0 Å². The van der Waals surface area contributed by atoms with Gasteiger partial charge >= 0.3 is 0 Å². The fourth-order valence-electron chi connectivity index (χ4n) is 3.62. The molecule has 0 spiro atoms. The Labute approximate surface area is 157 Å². The van der Waals surface area contributed by atoms with Gasteiger partial charge in [0, 0.05) is 32.2 Å². The molecule has 5 nitrogen and oxygen atoms in total. The van der Waals surface area contributed by atoms with Gasteiger partial charge in [-0.1, -0.05) is 23.7 Å². The lowest BCUT2D eigenvalue weighted by molar-refractivity contribution is -0.114. The molecular formula is C20H21ClN2O3. The summed E-state index contributed by atoms with van der Waals surface area (Å²) in [6.45, 7) is 5.19. The van der Waals surface area contributed by atoms with E-state index in [0.29, 0.717) is 24.0 Å². The maximum Gasteiger partial charge on any atom is 0.221 e. The topological polar surface area (TPSA) is 50.8 Å². The Morgan fingerprint density at radius 2 is 2.12 bits per heavy atom. The van der Waals surface area contributed by atoms with Crippen LogP contribution in [0, 0.1) is 0 Å². The second-order valence-corrected chi connectivity index (χ2v) is 7.09. The maximum absolute atomic E-state index is 11.4. The van der Waals surface area contributed by atoms with Gasteiger partial charge in [-0.15, -0.1) is 0 Å². The molecule has 0 atom stereocenters. The smallest absolute Gasteiger partial charge is 0.221 e. The van der Waals surface area contributed by atoms with Gasteiger partial charge in [0.2, 0.25) is 5.91 Å². The predicted octanol–water partition coefficient (Wildman–Crippen LogP) is 3.63. The number of hydrogen-bond donors (Lipinski definition) is 1. The molecule has 0 saturated heterocycles. The van der Waals surface area contributed by atoms with Crippen molar-refractivity contribution in [3.63, 3.8) is 0 Å². The molecule has 1 amide bonds. The number of fused-ring (bicyclic) bond motifs is 2. The summed E-state index contributed by atoms with van der Waals surface area (Å²) in [7, 11) is 0. The number of anilines is 1. The number of amides is 1. The molecular weight excluding hydrogens is 352 g/mol. The number of carbonyl (C=O) groups is 1. The zero-order valence-corrected chi connectivity index (χ0v) is 15.4. The number of halogens is 1. The molecule has 0 fully saturated rings. The Bertz CT molecular complexity index is 853. The standard InChI is InChI=1S/C20H21ClN2O3/c1-13(24)22-18-4-2-3-15-12-23(6-5-16(15)18)11-14-9-17(21)20-19(10-14)25-7-8-26-20/h2-4,9-10H,5-8,11-12H2,1H3,(H,22,24). The zero-order chi connectivity index (χ0) is 18.1. The van der Waals surface area contributed by atoms with Crippen molar-refractivity contribution in [3.05, 3.63) is 52.0 Å². The lowest BCUT2D eigenvalue weighted by atomic mass is 9.97. The van der Waals surface area contributed by atoms with Crippen LogP contribution in [-0.4, -0.2) is 30.6 Å². The van der Waals surface area contributed by atoms with Crippen LogP contribution in [0.3, 0.4) is 0 Å². The maximum atomic E-state index is 11.4. The largest absolute Gasteiger partial charge is 0.486 e. The van der Waals surface area contributed by atoms with Crippen molar-refractivity contribution in [1.29, 1.82) is 0 Å². The third-order valence-corrected chi connectivity index (χ3v) is 5.00. The van der Waals surface area contributed by atoms with Gasteiger partial charge in [0.05, 0.1) is 5.02 Å². The fourth-order valence-corrected chi connectivity index (χ4v) is 3.91. The minimum atomic E-state index is -0.0354. The molecule has 0 aromatic heterocycles. The first-order valence-electron chi connectivity index (χ1n) is 8.79. The van der Waals surface area contributed by atoms with Gasteiger partial charge in [-0.3, -0.25) is 9.69 Å². The van der Waals surface area contributed by atoms with E-state index in [4.69, 9.17) is 21.1 Å². The first-order valence-corrected chi connectivity index (χ1v) is 9.16.